The number of aromatic nitrogens is 2. The summed E-state index contributed by atoms with van der Waals surface area (Å²) in [6.07, 6.45) is 3.20. The topological polar surface area (TPSA) is 115 Å². The lowest BCUT2D eigenvalue weighted by Crippen LogP contribution is -2.37. The number of rotatable bonds is 6. The van der Waals surface area contributed by atoms with Gasteiger partial charge in [0.1, 0.15) is 0 Å². The normalized spacial score (nSPS) is 12.8. The average molecular weight is 295 g/mol. The van der Waals surface area contributed by atoms with Gasteiger partial charge in [0.2, 0.25) is 5.91 Å². The predicted octanol–water partition coefficient (Wildman–Crippen LogP) is -0.0920. The Labute approximate surface area is 122 Å². The number of carbonyl (C=O) groups excluding carboxylic acids is 1. The van der Waals surface area contributed by atoms with Crippen molar-refractivity contribution in [1.29, 1.82) is 0 Å². The van der Waals surface area contributed by atoms with Crippen LogP contribution in [0.3, 0.4) is 0 Å². The average Bonchev–Trinajstić information content (AvgIpc) is 2.35. The molecule has 1 amide bonds. The van der Waals surface area contributed by atoms with Crippen molar-refractivity contribution in [1.82, 2.24) is 15.3 Å². The van der Waals surface area contributed by atoms with Crippen molar-refractivity contribution in [3.63, 3.8) is 0 Å². The fraction of sp³-hybridized carbons (Fsp3) is 0.500. The fourth-order valence-electron chi connectivity index (χ4n) is 1.97. The monoisotopic (exact) mass is 295 g/mol. The first-order valence-electron chi connectivity index (χ1n) is 6.76. The van der Waals surface area contributed by atoms with Crippen molar-refractivity contribution in [3.8, 4) is 0 Å². The van der Waals surface area contributed by atoms with Crippen molar-refractivity contribution < 1.29 is 9.90 Å². The van der Waals surface area contributed by atoms with Gasteiger partial charge in [-0.2, -0.15) is 0 Å². The molecule has 7 nitrogen and oxygen atoms in total. The van der Waals surface area contributed by atoms with E-state index in [-0.39, 0.29) is 18.2 Å². The summed E-state index contributed by atoms with van der Waals surface area (Å²) in [6, 6.07) is -0.322. The second-order valence-corrected chi connectivity index (χ2v) is 5.30. The predicted molar refractivity (Wildman–Crippen MR) is 79.9 cm³/mol. The van der Waals surface area contributed by atoms with Gasteiger partial charge < -0.3 is 15.4 Å². The molecule has 0 saturated carbocycles. The van der Waals surface area contributed by atoms with Crippen LogP contribution in [0.1, 0.15) is 31.5 Å². The molecule has 0 radical (unpaired) electrons. The zero-order chi connectivity index (χ0) is 16.0. The summed E-state index contributed by atoms with van der Waals surface area (Å²) in [7, 11) is 0. The number of carbonyl (C=O) groups is 1. The number of amides is 1. The van der Waals surface area contributed by atoms with Crippen LogP contribution in [0.2, 0.25) is 0 Å². The minimum atomic E-state index is -0.587. The number of hydrogen-bond donors (Lipinski definition) is 4. The maximum absolute atomic E-state index is 11.8. The van der Waals surface area contributed by atoms with E-state index in [0.29, 0.717) is 18.0 Å². The van der Waals surface area contributed by atoms with Crippen LogP contribution in [0.4, 0.5) is 0 Å². The van der Waals surface area contributed by atoms with E-state index in [9.17, 15) is 19.5 Å². The molecule has 1 aromatic rings. The number of hydrogen-bond acceptors (Lipinski definition) is 4. The molecule has 0 aromatic carbocycles. The van der Waals surface area contributed by atoms with Gasteiger partial charge in [0, 0.05) is 11.8 Å². The first-order valence-corrected chi connectivity index (χ1v) is 6.76. The highest BCUT2D eigenvalue weighted by atomic mass is 16.3. The van der Waals surface area contributed by atoms with Crippen molar-refractivity contribution in [2.75, 3.05) is 6.61 Å². The van der Waals surface area contributed by atoms with E-state index in [4.69, 9.17) is 0 Å². The lowest BCUT2D eigenvalue weighted by atomic mass is 10.0. The second-order valence-electron chi connectivity index (χ2n) is 5.30. The van der Waals surface area contributed by atoms with Gasteiger partial charge in [-0.3, -0.25) is 14.6 Å². The molecule has 1 rings (SSSR count). The lowest BCUT2D eigenvalue weighted by molar-refractivity contribution is -0.117. The third-order valence-electron chi connectivity index (χ3n) is 2.90. The minimum absolute atomic E-state index is 0.143. The summed E-state index contributed by atoms with van der Waals surface area (Å²) in [4.78, 5) is 38.9. The molecule has 0 saturated heterocycles. The molecular weight excluding hydrogens is 274 g/mol. The number of H-pyrrole nitrogens is 2. The molecule has 0 aliphatic rings. The molecule has 21 heavy (non-hydrogen) atoms. The van der Waals surface area contributed by atoms with E-state index in [2.05, 4.69) is 15.3 Å². The van der Waals surface area contributed by atoms with Crippen molar-refractivity contribution >= 4 is 12.0 Å². The van der Waals surface area contributed by atoms with Crippen LogP contribution in [-0.2, 0) is 4.79 Å². The van der Waals surface area contributed by atoms with Crippen LogP contribution in [0, 0.1) is 12.8 Å². The molecule has 0 unspecified atom stereocenters. The lowest BCUT2D eigenvalue weighted by Gasteiger charge is -2.17. The van der Waals surface area contributed by atoms with Gasteiger partial charge in [0.15, 0.2) is 0 Å². The maximum atomic E-state index is 11.8. The molecule has 1 aromatic heterocycles. The molecule has 0 fully saturated rings. The quantitative estimate of drug-likeness (QED) is 0.549. The smallest absolute Gasteiger partial charge is 0.325 e. The van der Waals surface area contributed by atoms with Gasteiger partial charge in [0.25, 0.3) is 5.56 Å². The van der Waals surface area contributed by atoms with Crippen LogP contribution in [0.25, 0.3) is 6.08 Å². The summed E-state index contributed by atoms with van der Waals surface area (Å²) in [5.74, 6) is -0.0598. The van der Waals surface area contributed by atoms with Gasteiger partial charge >= 0.3 is 5.69 Å². The molecule has 1 atom stereocenters. The van der Waals surface area contributed by atoms with Crippen molar-refractivity contribution in [2.45, 2.75) is 33.2 Å². The highest BCUT2D eigenvalue weighted by Gasteiger charge is 2.11. The first-order chi connectivity index (χ1) is 9.83. The van der Waals surface area contributed by atoms with Gasteiger partial charge in [-0.1, -0.05) is 13.8 Å². The Bertz CT molecular complexity index is 628. The minimum Gasteiger partial charge on any atom is -0.394 e. The highest BCUT2D eigenvalue weighted by molar-refractivity contribution is 5.91. The fourth-order valence-corrected chi connectivity index (χ4v) is 1.97. The molecule has 0 bridgehead atoms. The first kappa shape index (κ1) is 16.9. The van der Waals surface area contributed by atoms with Gasteiger partial charge in [0.05, 0.1) is 18.2 Å². The standard InChI is InChI=1S/C14H21N3O4/c1-8(2)6-10(7-18)16-12(19)5-4-11-9(3)15-14(21)17-13(11)20/h4-5,8,10,18H,6-7H2,1-3H3,(H,16,19)(H2,15,17,20,21)/b5-4-/t10-/m0/s1. The zero-order valence-corrected chi connectivity index (χ0v) is 12.4. The summed E-state index contributed by atoms with van der Waals surface area (Å²) in [5, 5.41) is 11.9. The molecule has 0 spiro atoms. The number of aliphatic hydroxyl groups excluding tert-OH is 1. The molecule has 7 heteroatoms. The van der Waals surface area contributed by atoms with E-state index < -0.39 is 17.2 Å². The summed E-state index contributed by atoms with van der Waals surface area (Å²) >= 11 is 0. The Morgan fingerprint density at radius 3 is 2.52 bits per heavy atom. The van der Waals surface area contributed by atoms with Crippen LogP contribution in [-0.4, -0.2) is 33.6 Å². The van der Waals surface area contributed by atoms with Crippen molar-refractivity contribution in [2.24, 2.45) is 5.92 Å². The highest BCUT2D eigenvalue weighted by Crippen LogP contribution is 2.04. The summed E-state index contributed by atoms with van der Waals surface area (Å²) in [5.41, 5.74) is -0.541. The molecule has 4 N–H and O–H groups in total. The van der Waals surface area contributed by atoms with Gasteiger partial charge in [-0.05, 0) is 25.3 Å². The van der Waals surface area contributed by atoms with E-state index in [1.165, 1.54) is 12.2 Å². The van der Waals surface area contributed by atoms with Crippen LogP contribution in [0.5, 0.6) is 0 Å². The Morgan fingerprint density at radius 1 is 1.33 bits per heavy atom. The number of aryl methyl sites for hydroxylation is 1. The van der Waals surface area contributed by atoms with Crippen LogP contribution < -0.4 is 16.6 Å². The Morgan fingerprint density at radius 2 is 2.00 bits per heavy atom. The number of aromatic amines is 2. The second kappa shape index (κ2) is 7.58. The molecule has 1 heterocycles. The summed E-state index contributed by atoms with van der Waals surface area (Å²) < 4.78 is 0. The third kappa shape index (κ3) is 5.39. The Balaban J connectivity index is 2.79. The van der Waals surface area contributed by atoms with Gasteiger partial charge in [-0.25, -0.2) is 4.79 Å². The van der Waals surface area contributed by atoms with E-state index in [1.807, 2.05) is 13.8 Å². The van der Waals surface area contributed by atoms with Crippen molar-refractivity contribution in [3.05, 3.63) is 38.2 Å². The molecule has 0 aliphatic heterocycles. The number of nitrogens with one attached hydrogen (secondary N) is 3. The van der Waals surface area contributed by atoms with Crippen LogP contribution >= 0.6 is 0 Å². The third-order valence-corrected chi connectivity index (χ3v) is 2.90. The van der Waals surface area contributed by atoms with E-state index in [1.54, 1.807) is 6.92 Å². The summed E-state index contributed by atoms with van der Waals surface area (Å²) in [6.45, 7) is 5.42. The van der Waals surface area contributed by atoms with Gasteiger partial charge in [-0.15, -0.1) is 0 Å². The van der Waals surface area contributed by atoms with E-state index >= 15 is 0 Å². The largest absolute Gasteiger partial charge is 0.394 e. The zero-order valence-electron chi connectivity index (χ0n) is 12.4. The SMILES string of the molecule is Cc1[nH]c(=O)[nH]c(=O)c1/C=C\C(=O)N[C@H](CO)CC(C)C. The Hall–Kier alpha value is -2.15. The maximum Gasteiger partial charge on any atom is 0.325 e. The Kier molecular flexibility index (Phi) is 6.10. The molecule has 116 valence electrons. The van der Waals surface area contributed by atoms with E-state index in [0.717, 1.165) is 0 Å². The molecule has 0 aliphatic carbocycles. The number of aliphatic hydroxyl groups is 1. The molecular formula is C14H21N3O4. The van der Waals surface area contributed by atoms with Crippen LogP contribution in [0.15, 0.2) is 15.7 Å².